The van der Waals surface area contributed by atoms with Crippen molar-refractivity contribution in [3.8, 4) is 0 Å². The summed E-state index contributed by atoms with van der Waals surface area (Å²) in [6, 6.07) is 4.80. The molecule has 0 aromatic carbocycles. The van der Waals surface area contributed by atoms with E-state index in [0.29, 0.717) is 0 Å². The van der Waals surface area contributed by atoms with Gasteiger partial charge in [-0.25, -0.2) is 9.78 Å². The van der Waals surface area contributed by atoms with Gasteiger partial charge in [0.15, 0.2) is 0 Å². The van der Waals surface area contributed by atoms with Crippen LogP contribution < -0.4 is 0 Å². The Morgan fingerprint density at radius 2 is 2.21 bits per heavy atom. The first kappa shape index (κ1) is 10.5. The van der Waals surface area contributed by atoms with E-state index in [1.54, 1.807) is 12.1 Å². The number of hydrogen-bond donors (Lipinski definition) is 1. The van der Waals surface area contributed by atoms with E-state index in [0.717, 1.165) is 4.40 Å². The largest absolute Gasteiger partial charge is 0.476 e. The van der Waals surface area contributed by atoms with Gasteiger partial charge in [0.05, 0.1) is 0 Å². The highest BCUT2D eigenvalue weighted by Gasteiger charge is 2.16. The summed E-state index contributed by atoms with van der Waals surface area (Å²) in [5, 5.41) is 8.55. The Labute approximate surface area is 84.4 Å². The summed E-state index contributed by atoms with van der Waals surface area (Å²) in [7, 11) is 0. The molecule has 0 atom stereocenters. The van der Waals surface area contributed by atoms with Crippen LogP contribution in [0.2, 0.25) is 0 Å². The summed E-state index contributed by atoms with van der Waals surface area (Å²) < 4.78 is 14.3. The van der Waals surface area contributed by atoms with Crippen LogP contribution in [0.5, 0.6) is 0 Å². The number of imidazole rings is 1. The van der Waals surface area contributed by atoms with Crippen LogP contribution in [0.4, 0.5) is 4.39 Å². The molecule has 1 N–H and O–H groups in total. The monoisotopic (exact) mass is 216 g/mol. The molecule has 0 fully saturated rings. The molecule has 0 spiro atoms. The van der Waals surface area contributed by atoms with Crippen molar-refractivity contribution in [1.82, 2.24) is 9.38 Å². The Morgan fingerprint density at radius 3 is 2.79 bits per heavy atom. The maximum absolute atomic E-state index is 13.2. The van der Waals surface area contributed by atoms with Crippen LogP contribution in [0, 0.1) is 5.95 Å². The molecule has 0 aliphatic heterocycles. The standard InChI is InChI=1S/C8H5FN2O2.ClH/c9-7-6(8(12)13)10-5-3-1-2-4-11(5)7;/h1-4H,(H,12,13);1H. The van der Waals surface area contributed by atoms with Gasteiger partial charge in [0.2, 0.25) is 11.6 Å². The molecule has 0 radical (unpaired) electrons. The highest BCUT2D eigenvalue weighted by Crippen LogP contribution is 2.09. The van der Waals surface area contributed by atoms with E-state index in [4.69, 9.17) is 5.11 Å². The van der Waals surface area contributed by atoms with E-state index in [1.807, 2.05) is 0 Å². The third-order valence-corrected chi connectivity index (χ3v) is 1.67. The van der Waals surface area contributed by atoms with Gasteiger partial charge in [-0.3, -0.25) is 4.40 Å². The predicted molar refractivity (Wildman–Crippen MR) is 49.4 cm³/mol. The van der Waals surface area contributed by atoms with Crippen molar-refractivity contribution < 1.29 is 14.3 Å². The van der Waals surface area contributed by atoms with Crippen molar-refractivity contribution in [2.75, 3.05) is 0 Å². The molecule has 2 rings (SSSR count). The second kappa shape index (κ2) is 3.63. The predicted octanol–water partition coefficient (Wildman–Crippen LogP) is 1.59. The Hall–Kier alpha value is -1.62. The molecule has 0 saturated carbocycles. The number of rotatable bonds is 1. The molecule has 2 aromatic rings. The van der Waals surface area contributed by atoms with E-state index in [1.165, 1.54) is 12.3 Å². The van der Waals surface area contributed by atoms with E-state index >= 15 is 0 Å². The Balaban J connectivity index is 0.000000980. The molecular formula is C8H6ClFN2O2. The molecule has 2 heterocycles. The summed E-state index contributed by atoms with van der Waals surface area (Å²) in [5.41, 5.74) is -0.261. The number of pyridine rings is 1. The van der Waals surface area contributed by atoms with Crippen LogP contribution in [0.25, 0.3) is 5.65 Å². The summed E-state index contributed by atoms with van der Waals surface area (Å²) in [5.74, 6) is -2.20. The van der Waals surface area contributed by atoms with E-state index < -0.39 is 17.6 Å². The lowest BCUT2D eigenvalue weighted by Crippen LogP contribution is -2.00. The minimum absolute atomic E-state index is 0. The first-order valence-electron chi connectivity index (χ1n) is 3.56. The number of carbonyl (C=O) groups is 1. The van der Waals surface area contributed by atoms with Crippen LogP contribution in [0.1, 0.15) is 10.5 Å². The van der Waals surface area contributed by atoms with Gasteiger partial charge in [-0.2, -0.15) is 4.39 Å². The first-order chi connectivity index (χ1) is 6.20. The molecule has 0 saturated heterocycles. The number of hydrogen-bond acceptors (Lipinski definition) is 2. The lowest BCUT2D eigenvalue weighted by Gasteiger charge is -1.89. The highest BCUT2D eigenvalue weighted by molar-refractivity contribution is 5.86. The van der Waals surface area contributed by atoms with Crippen molar-refractivity contribution in [2.45, 2.75) is 0 Å². The van der Waals surface area contributed by atoms with Crippen LogP contribution in [0.15, 0.2) is 24.4 Å². The van der Waals surface area contributed by atoms with E-state index in [2.05, 4.69) is 4.98 Å². The van der Waals surface area contributed by atoms with Gasteiger partial charge in [-0.15, -0.1) is 12.4 Å². The van der Waals surface area contributed by atoms with Gasteiger partial charge < -0.3 is 5.11 Å². The lowest BCUT2D eigenvalue weighted by molar-refractivity contribution is 0.0685. The van der Waals surface area contributed by atoms with Gasteiger partial charge in [0.25, 0.3) is 0 Å². The quantitative estimate of drug-likeness (QED) is 0.788. The second-order valence-electron chi connectivity index (χ2n) is 2.49. The minimum atomic E-state index is -1.36. The fourth-order valence-corrected chi connectivity index (χ4v) is 1.10. The van der Waals surface area contributed by atoms with E-state index in [-0.39, 0.29) is 18.1 Å². The SMILES string of the molecule is Cl.O=C(O)c1nc2ccccn2c1F. The van der Waals surface area contributed by atoms with E-state index in [9.17, 15) is 9.18 Å². The van der Waals surface area contributed by atoms with Crippen molar-refractivity contribution >= 4 is 24.0 Å². The Kier molecular flexibility index (Phi) is 2.71. The van der Waals surface area contributed by atoms with Crippen molar-refractivity contribution in [3.63, 3.8) is 0 Å². The van der Waals surface area contributed by atoms with Crippen LogP contribution in [-0.4, -0.2) is 20.5 Å². The third-order valence-electron chi connectivity index (χ3n) is 1.67. The molecule has 6 heteroatoms. The zero-order valence-corrected chi connectivity index (χ0v) is 7.66. The van der Waals surface area contributed by atoms with Gasteiger partial charge in [0, 0.05) is 6.20 Å². The van der Waals surface area contributed by atoms with Crippen LogP contribution in [0.3, 0.4) is 0 Å². The summed E-state index contributed by atoms with van der Waals surface area (Å²) in [6.45, 7) is 0. The van der Waals surface area contributed by atoms with Crippen molar-refractivity contribution in [2.24, 2.45) is 0 Å². The average molecular weight is 217 g/mol. The summed E-state index contributed by atoms with van der Waals surface area (Å²) in [6.07, 6.45) is 1.42. The van der Waals surface area contributed by atoms with Crippen LogP contribution in [-0.2, 0) is 0 Å². The van der Waals surface area contributed by atoms with Gasteiger partial charge in [0.1, 0.15) is 5.65 Å². The number of carboxylic acids is 1. The Bertz CT molecular complexity index is 483. The van der Waals surface area contributed by atoms with Gasteiger partial charge in [-0.05, 0) is 12.1 Å². The number of nitrogens with zero attached hydrogens (tertiary/aromatic N) is 2. The van der Waals surface area contributed by atoms with Gasteiger partial charge in [-0.1, -0.05) is 6.07 Å². The summed E-state index contributed by atoms with van der Waals surface area (Å²) >= 11 is 0. The summed E-state index contributed by atoms with van der Waals surface area (Å²) in [4.78, 5) is 14.1. The molecule has 0 bridgehead atoms. The topological polar surface area (TPSA) is 54.6 Å². The Morgan fingerprint density at radius 1 is 1.50 bits per heavy atom. The molecular weight excluding hydrogens is 211 g/mol. The minimum Gasteiger partial charge on any atom is -0.476 e. The number of aromatic nitrogens is 2. The van der Waals surface area contributed by atoms with Crippen molar-refractivity contribution in [1.29, 1.82) is 0 Å². The number of fused-ring (bicyclic) bond motifs is 1. The molecule has 0 amide bonds. The molecule has 0 aliphatic rings. The average Bonchev–Trinajstić information content (AvgIpc) is 2.45. The maximum Gasteiger partial charge on any atom is 0.359 e. The van der Waals surface area contributed by atoms with Crippen LogP contribution >= 0.6 is 12.4 Å². The lowest BCUT2D eigenvalue weighted by atomic mass is 10.5. The third kappa shape index (κ3) is 1.42. The highest BCUT2D eigenvalue weighted by atomic mass is 35.5. The number of carboxylic acid groups (broad SMARTS) is 1. The maximum atomic E-state index is 13.2. The van der Waals surface area contributed by atoms with Crippen molar-refractivity contribution in [3.05, 3.63) is 36.0 Å². The number of halogens is 2. The fraction of sp³-hybridized carbons (Fsp3) is 0. The second-order valence-corrected chi connectivity index (χ2v) is 2.49. The normalized spacial score (nSPS) is 9.79. The molecule has 0 unspecified atom stereocenters. The molecule has 14 heavy (non-hydrogen) atoms. The van der Waals surface area contributed by atoms with Gasteiger partial charge >= 0.3 is 5.97 Å². The zero-order chi connectivity index (χ0) is 9.42. The zero-order valence-electron chi connectivity index (χ0n) is 6.85. The molecule has 4 nitrogen and oxygen atoms in total. The first-order valence-corrected chi connectivity index (χ1v) is 3.56. The smallest absolute Gasteiger partial charge is 0.359 e. The fourth-order valence-electron chi connectivity index (χ4n) is 1.10. The molecule has 74 valence electrons. The molecule has 0 aliphatic carbocycles. The number of aromatic carboxylic acids is 1. The molecule has 2 aromatic heterocycles.